The molecule has 1 aromatic heterocycles. The molecular weight excluding hydrogens is 417 g/mol. The Balaban J connectivity index is 0.00000264. The van der Waals surface area contributed by atoms with Gasteiger partial charge >= 0.3 is 0 Å². The van der Waals surface area contributed by atoms with Gasteiger partial charge in [0.2, 0.25) is 11.8 Å². The van der Waals surface area contributed by atoms with E-state index in [1.165, 1.54) is 0 Å². The van der Waals surface area contributed by atoms with Crippen LogP contribution in [0.1, 0.15) is 6.92 Å². The molecule has 2 aromatic rings. The van der Waals surface area contributed by atoms with Crippen LogP contribution in [0.5, 0.6) is 11.6 Å². The normalized spacial score (nSPS) is 10.8. The number of amides is 1. The lowest BCUT2D eigenvalue weighted by Gasteiger charge is -2.11. The number of anilines is 1. The molecule has 0 bridgehead atoms. The Hall–Kier alpha value is -1.34. The van der Waals surface area contributed by atoms with E-state index in [1.807, 2.05) is 38.2 Å². The monoisotopic (exact) mass is 435 g/mol. The van der Waals surface area contributed by atoms with Gasteiger partial charge in [0.15, 0.2) is 0 Å². The molecule has 1 aromatic carbocycles. The smallest absolute Gasteiger partial charge is 0.228 e. The van der Waals surface area contributed by atoms with Crippen LogP contribution < -0.4 is 15.4 Å². The van der Waals surface area contributed by atoms with Crippen LogP contribution in [-0.2, 0) is 4.79 Å². The van der Waals surface area contributed by atoms with Gasteiger partial charge in [0.1, 0.15) is 5.75 Å². The van der Waals surface area contributed by atoms with Crippen molar-refractivity contribution in [3.63, 3.8) is 0 Å². The molecule has 2 rings (SSSR count). The van der Waals surface area contributed by atoms with Crippen LogP contribution in [-0.4, -0.2) is 24.5 Å². The summed E-state index contributed by atoms with van der Waals surface area (Å²) in [4.78, 5) is 16.1. The topological polar surface area (TPSA) is 63.2 Å². The second-order valence-corrected chi connectivity index (χ2v) is 5.81. The van der Waals surface area contributed by atoms with Crippen molar-refractivity contribution in [2.75, 3.05) is 18.9 Å². The number of pyridine rings is 1. The molecule has 0 aliphatic heterocycles. The summed E-state index contributed by atoms with van der Waals surface area (Å²) in [5.41, 5.74) is 0.648. The number of nitrogens with zero attached hydrogens (tertiary/aromatic N) is 1. The third-order valence-electron chi connectivity index (χ3n) is 2.98. The average molecular weight is 437 g/mol. The fraction of sp³-hybridized carbons (Fsp3) is 0.250. The van der Waals surface area contributed by atoms with Crippen molar-refractivity contribution in [1.29, 1.82) is 0 Å². The van der Waals surface area contributed by atoms with Gasteiger partial charge in [-0.25, -0.2) is 4.98 Å². The Morgan fingerprint density at radius 2 is 2.04 bits per heavy atom. The zero-order chi connectivity index (χ0) is 15.9. The number of halogens is 3. The quantitative estimate of drug-likeness (QED) is 0.709. The first kappa shape index (κ1) is 22.7. The van der Waals surface area contributed by atoms with Crippen LogP contribution in [0.4, 0.5) is 5.69 Å². The van der Waals surface area contributed by atoms with Gasteiger partial charge in [-0.2, -0.15) is 0 Å². The van der Waals surface area contributed by atoms with Gasteiger partial charge in [-0.15, -0.1) is 24.8 Å². The summed E-state index contributed by atoms with van der Waals surface area (Å²) < 4.78 is 6.58. The zero-order valence-corrected chi connectivity index (χ0v) is 16.5. The molecule has 132 valence electrons. The summed E-state index contributed by atoms with van der Waals surface area (Å²) in [7, 11) is 1.82. The van der Waals surface area contributed by atoms with Gasteiger partial charge in [0.05, 0.1) is 11.9 Å². The van der Waals surface area contributed by atoms with Crippen LogP contribution in [0.2, 0.25) is 0 Å². The second kappa shape index (κ2) is 11.3. The Morgan fingerprint density at radius 1 is 1.29 bits per heavy atom. The van der Waals surface area contributed by atoms with E-state index in [0.717, 1.165) is 4.47 Å². The van der Waals surface area contributed by atoms with E-state index < -0.39 is 0 Å². The molecule has 5 nitrogen and oxygen atoms in total. The third-order valence-corrected chi connectivity index (χ3v) is 3.47. The van der Waals surface area contributed by atoms with Gasteiger partial charge in [0, 0.05) is 23.0 Å². The molecule has 0 saturated carbocycles. The molecule has 0 aliphatic carbocycles. The predicted molar refractivity (Wildman–Crippen MR) is 105 cm³/mol. The minimum Gasteiger partial charge on any atom is -0.439 e. The Bertz CT molecular complexity index is 641. The summed E-state index contributed by atoms with van der Waals surface area (Å²) in [5, 5.41) is 5.80. The van der Waals surface area contributed by atoms with Crippen molar-refractivity contribution >= 4 is 52.3 Å². The van der Waals surface area contributed by atoms with E-state index in [2.05, 4.69) is 31.5 Å². The zero-order valence-electron chi connectivity index (χ0n) is 13.3. The van der Waals surface area contributed by atoms with Crippen molar-refractivity contribution in [3.8, 4) is 11.6 Å². The number of aromatic nitrogens is 1. The molecule has 1 heterocycles. The molecule has 2 N–H and O–H groups in total. The second-order valence-electron chi connectivity index (χ2n) is 4.89. The molecule has 1 unspecified atom stereocenters. The predicted octanol–water partition coefficient (Wildman–Crippen LogP) is 4.27. The molecule has 0 aliphatic rings. The Morgan fingerprint density at radius 3 is 2.62 bits per heavy atom. The highest BCUT2D eigenvalue weighted by atomic mass is 79.9. The maximum absolute atomic E-state index is 11.9. The number of hydrogen-bond acceptors (Lipinski definition) is 4. The van der Waals surface area contributed by atoms with Gasteiger partial charge in [-0.05, 0) is 31.3 Å². The first-order chi connectivity index (χ1) is 10.6. The van der Waals surface area contributed by atoms with Crippen molar-refractivity contribution in [1.82, 2.24) is 10.3 Å². The number of carbonyl (C=O) groups is 1. The first-order valence-corrected chi connectivity index (χ1v) is 7.72. The van der Waals surface area contributed by atoms with E-state index in [0.29, 0.717) is 23.9 Å². The minimum atomic E-state index is -0.109. The molecule has 24 heavy (non-hydrogen) atoms. The molecular formula is C16H20BrCl2N3O2. The summed E-state index contributed by atoms with van der Waals surface area (Å²) in [5.74, 6) is 1.01. The molecule has 0 radical (unpaired) electrons. The lowest BCUT2D eigenvalue weighted by atomic mass is 10.1. The van der Waals surface area contributed by atoms with Gasteiger partial charge < -0.3 is 15.4 Å². The Kier molecular flexibility index (Phi) is 10.6. The summed E-state index contributed by atoms with van der Waals surface area (Å²) in [6, 6.07) is 11.0. The van der Waals surface area contributed by atoms with E-state index in [9.17, 15) is 4.79 Å². The maximum atomic E-state index is 11.9. The largest absolute Gasteiger partial charge is 0.439 e. The number of rotatable bonds is 6. The van der Waals surface area contributed by atoms with Crippen molar-refractivity contribution < 1.29 is 9.53 Å². The number of hydrogen-bond donors (Lipinski definition) is 2. The molecule has 0 spiro atoms. The summed E-state index contributed by atoms with van der Waals surface area (Å²) in [6.45, 7) is 2.49. The fourth-order valence-electron chi connectivity index (χ4n) is 1.83. The highest BCUT2D eigenvalue weighted by Crippen LogP contribution is 2.23. The average Bonchev–Trinajstić information content (AvgIpc) is 2.49. The fourth-order valence-corrected chi connectivity index (χ4v) is 2.21. The van der Waals surface area contributed by atoms with E-state index in [-0.39, 0.29) is 36.6 Å². The number of carbonyl (C=O) groups excluding carboxylic acids is 1. The van der Waals surface area contributed by atoms with E-state index in [1.54, 1.807) is 18.3 Å². The van der Waals surface area contributed by atoms with E-state index >= 15 is 0 Å². The van der Waals surface area contributed by atoms with E-state index in [4.69, 9.17) is 4.74 Å². The standard InChI is InChI=1S/C16H18BrN3O2.2ClH/c1-11(9-18-2)16(21)20-13-6-7-15(19-10-13)22-14-5-3-4-12(17)8-14;;/h3-8,10-11,18H,9H2,1-2H3,(H,20,21);2*1H. The minimum absolute atomic E-state index is 0. The Labute approximate surface area is 162 Å². The SMILES string of the molecule is CNCC(C)C(=O)Nc1ccc(Oc2cccc(Br)c2)nc1.Cl.Cl. The van der Waals surface area contributed by atoms with Gasteiger partial charge in [-0.1, -0.05) is 28.9 Å². The number of ether oxygens (including phenoxy) is 1. The molecule has 0 fully saturated rings. The van der Waals surface area contributed by atoms with Crippen LogP contribution in [0, 0.1) is 5.92 Å². The molecule has 0 saturated heterocycles. The lowest BCUT2D eigenvalue weighted by Crippen LogP contribution is -2.28. The van der Waals surface area contributed by atoms with Crippen LogP contribution in [0.25, 0.3) is 0 Å². The van der Waals surface area contributed by atoms with Crippen molar-refractivity contribution in [2.24, 2.45) is 5.92 Å². The number of nitrogens with one attached hydrogen (secondary N) is 2. The van der Waals surface area contributed by atoms with Gasteiger partial charge in [0.25, 0.3) is 0 Å². The first-order valence-electron chi connectivity index (χ1n) is 6.93. The highest BCUT2D eigenvalue weighted by molar-refractivity contribution is 9.10. The van der Waals surface area contributed by atoms with Crippen molar-refractivity contribution in [2.45, 2.75) is 6.92 Å². The van der Waals surface area contributed by atoms with Crippen LogP contribution in [0.3, 0.4) is 0 Å². The maximum Gasteiger partial charge on any atom is 0.228 e. The van der Waals surface area contributed by atoms with Crippen molar-refractivity contribution in [3.05, 3.63) is 47.1 Å². The van der Waals surface area contributed by atoms with Gasteiger partial charge in [-0.3, -0.25) is 4.79 Å². The molecule has 8 heteroatoms. The number of benzene rings is 1. The highest BCUT2D eigenvalue weighted by Gasteiger charge is 2.12. The van der Waals surface area contributed by atoms with Crippen LogP contribution in [0.15, 0.2) is 47.1 Å². The van der Waals surface area contributed by atoms with Crippen LogP contribution >= 0.6 is 40.7 Å². The molecule has 1 atom stereocenters. The summed E-state index contributed by atoms with van der Waals surface area (Å²) in [6.07, 6.45) is 1.58. The molecule has 1 amide bonds. The lowest BCUT2D eigenvalue weighted by molar-refractivity contribution is -0.119. The summed E-state index contributed by atoms with van der Waals surface area (Å²) >= 11 is 3.39. The third kappa shape index (κ3) is 7.05.